The fourth-order valence-corrected chi connectivity index (χ4v) is 0.375. The molecule has 0 atom stereocenters. The predicted octanol–water partition coefficient (Wildman–Crippen LogP) is 0.261. The Morgan fingerprint density at radius 3 is 2.83 bits per heavy atom. The lowest BCUT2D eigenvalue weighted by Gasteiger charge is -1.78. The molecule has 0 fully saturated rings. The van der Waals surface area contributed by atoms with E-state index in [9.17, 15) is 0 Å². The molecule has 6 heavy (non-hydrogen) atoms. The van der Waals surface area contributed by atoms with Crippen LogP contribution in [0.25, 0.3) is 0 Å². The molecule has 0 spiro atoms. The van der Waals surface area contributed by atoms with Crippen LogP contribution < -0.4 is 5.73 Å². The van der Waals surface area contributed by atoms with Gasteiger partial charge in [0.05, 0.1) is 0 Å². The summed E-state index contributed by atoms with van der Waals surface area (Å²) in [6.07, 6.45) is 4.48. The van der Waals surface area contributed by atoms with E-state index in [1.54, 1.807) is 6.20 Å². The van der Waals surface area contributed by atoms with Crippen LogP contribution in [0.2, 0.25) is 0 Å². The molecule has 0 unspecified atom stereocenters. The maximum Gasteiger partial charge on any atom is 0.103 e. The number of nitrogens with zero attached hydrogens (tertiary/aromatic N) is 1. The fourth-order valence-electron chi connectivity index (χ4n) is 0.375. The topological polar surface area (TPSA) is 38.4 Å². The quantitative estimate of drug-likeness (QED) is 0.447. The van der Waals surface area contributed by atoms with E-state index in [0.29, 0.717) is 0 Å². The van der Waals surface area contributed by atoms with Crippen LogP contribution in [-0.2, 0) is 0 Å². The van der Waals surface area contributed by atoms with Gasteiger partial charge in [-0.2, -0.15) is 0 Å². The summed E-state index contributed by atoms with van der Waals surface area (Å²) in [4.78, 5) is 3.75. The van der Waals surface area contributed by atoms with Crippen molar-refractivity contribution in [1.29, 1.82) is 0 Å². The zero-order valence-electron chi connectivity index (χ0n) is 3.39. The number of nitrogens with two attached hydrogens (primary N) is 1. The summed E-state index contributed by atoms with van der Waals surface area (Å²) >= 11 is 0. The summed E-state index contributed by atoms with van der Waals surface area (Å²) in [5.41, 5.74) is 5.22. The molecule has 0 aromatic rings. The molecular formula is C4H6N2. The number of hydrogen-bond acceptors (Lipinski definition) is 2. The highest BCUT2D eigenvalue weighted by Crippen LogP contribution is 1.92. The summed E-state index contributed by atoms with van der Waals surface area (Å²) in [6, 6.07) is 0. The number of aliphatic imine (C=N–C) groups is 1. The Kier molecular flexibility index (Phi) is 0.638. The van der Waals surface area contributed by atoms with Crippen LogP contribution in [0, 0.1) is 0 Å². The van der Waals surface area contributed by atoms with Crippen molar-refractivity contribution < 1.29 is 0 Å². The molecular weight excluding hydrogens is 76.1 g/mol. The lowest BCUT2D eigenvalue weighted by Crippen LogP contribution is -2.05. The smallest absolute Gasteiger partial charge is 0.103 e. The van der Waals surface area contributed by atoms with Gasteiger partial charge in [-0.05, 0) is 0 Å². The van der Waals surface area contributed by atoms with Gasteiger partial charge in [0.2, 0.25) is 0 Å². The van der Waals surface area contributed by atoms with Crippen LogP contribution in [0.5, 0.6) is 0 Å². The van der Waals surface area contributed by atoms with Crippen LogP contribution in [0.3, 0.4) is 0 Å². The highest BCUT2D eigenvalue weighted by Gasteiger charge is 1.88. The highest BCUT2D eigenvalue weighted by atomic mass is 14.8. The molecule has 32 valence electrons. The van der Waals surface area contributed by atoms with Crippen molar-refractivity contribution in [3.63, 3.8) is 0 Å². The van der Waals surface area contributed by atoms with Crippen molar-refractivity contribution in [1.82, 2.24) is 0 Å². The third-order valence-electron chi connectivity index (χ3n) is 0.673. The second kappa shape index (κ2) is 1.12. The SMILES string of the molecule is NC1=NC=CC1. The van der Waals surface area contributed by atoms with Gasteiger partial charge < -0.3 is 5.73 Å². The minimum absolute atomic E-state index is 0.718. The van der Waals surface area contributed by atoms with Gasteiger partial charge in [0.15, 0.2) is 0 Å². The van der Waals surface area contributed by atoms with Gasteiger partial charge >= 0.3 is 0 Å². The molecule has 0 bridgehead atoms. The van der Waals surface area contributed by atoms with Crippen LogP contribution in [0.1, 0.15) is 6.42 Å². The summed E-state index contributed by atoms with van der Waals surface area (Å²) in [6.45, 7) is 0. The summed E-state index contributed by atoms with van der Waals surface area (Å²) in [7, 11) is 0. The van der Waals surface area contributed by atoms with E-state index >= 15 is 0 Å². The van der Waals surface area contributed by atoms with Crippen molar-refractivity contribution in [3.8, 4) is 0 Å². The molecule has 2 nitrogen and oxygen atoms in total. The van der Waals surface area contributed by atoms with Gasteiger partial charge in [-0.1, -0.05) is 6.08 Å². The van der Waals surface area contributed by atoms with Crippen molar-refractivity contribution >= 4 is 5.84 Å². The third kappa shape index (κ3) is 0.407. The Bertz CT molecular complexity index is 102. The molecule has 1 aliphatic rings. The van der Waals surface area contributed by atoms with Gasteiger partial charge in [-0.15, -0.1) is 0 Å². The highest BCUT2D eigenvalue weighted by molar-refractivity contribution is 5.83. The first-order chi connectivity index (χ1) is 2.89. The first-order valence-corrected chi connectivity index (χ1v) is 1.87. The molecule has 1 heterocycles. The van der Waals surface area contributed by atoms with Crippen LogP contribution in [-0.4, -0.2) is 5.84 Å². The average Bonchev–Trinajstić information content (AvgIpc) is 1.86. The summed E-state index contributed by atoms with van der Waals surface area (Å²) < 4.78 is 0. The lowest BCUT2D eigenvalue weighted by atomic mass is 10.4. The Morgan fingerprint density at radius 1 is 1.83 bits per heavy atom. The standard InChI is InChI=1S/C4H6N2/c5-4-2-1-3-6-4/h1,3H,2H2,(H2,5,6). The number of rotatable bonds is 0. The van der Waals surface area contributed by atoms with Crippen LogP contribution in [0.15, 0.2) is 17.3 Å². The van der Waals surface area contributed by atoms with E-state index in [4.69, 9.17) is 5.73 Å². The Hall–Kier alpha value is -0.790. The van der Waals surface area contributed by atoms with Gasteiger partial charge in [-0.3, -0.25) is 0 Å². The van der Waals surface area contributed by atoms with Crippen molar-refractivity contribution in [2.75, 3.05) is 0 Å². The Morgan fingerprint density at radius 2 is 2.67 bits per heavy atom. The molecule has 1 aliphatic heterocycles. The van der Waals surface area contributed by atoms with Gasteiger partial charge in [-0.25, -0.2) is 4.99 Å². The summed E-state index contributed by atoms with van der Waals surface area (Å²) in [5, 5.41) is 0. The largest absolute Gasteiger partial charge is 0.387 e. The molecule has 0 saturated carbocycles. The predicted molar refractivity (Wildman–Crippen MR) is 25.4 cm³/mol. The molecule has 0 radical (unpaired) electrons. The fraction of sp³-hybridized carbons (Fsp3) is 0.250. The van der Waals surface area contributed by atoms with E-state index < -0.39 is 0 Å². The van der Waals surface area contributed by atoms with Crippen molar-refractivity contribution in [2.24, 2.45) is 10.7 Å². The van der Waals surface area contributed by atoms with Crippen molar-refractivity contribution in [2.45, 2.75) is 6.42 Å². The second-order valence-electron chi connectivity index (χ2n) is 1.21. The second-order valence-corrected chi connectivity index (χ2v) is 1.21. The minimum Gasteiger partial charge on any atom is -0.387 e. The van der Waals surface area contributed by atoms with E-state index in [0.717, 1.165) is 12.3 Å². The van der Waals surface area contributed by atoms with Gasteiger partial charge in [0.25, 0.3) is 0 Å². The normalized spacial score (nSPS) is 18.3. The van der Waals surface area contributed by atoms with E-state index in [2.05, 4.69) is 4.99 Å². The first-order valence-electron chi connectivity index (χ1n) is 1.87. The Labute approximate surface area is 36.4 Å². The molecule has 2 heteroatoms. The summed E-state index contributed by atoms with van der Waals surface area (Å²) in [5.74, 6) is 0.718. The van der Waals surface area contributed by atoms with E-state index in [-0.39, 0.29) is 0 Å². The van der Waals surface area contributed by atoms with Crippen LogP contribution >= 0.6 is 0 Å². The van der Waals surface area contributed by atoms with E-state index in [1.165, 1.54) is 0 Å². The molecule has 1 rings (SSSR count). The molecule has 0 aliphatic carbocycles. The molecule has 0 aromatic heterocycles. The monoisotopic (exact) mass is 82.1 g/mol. The Balaban J connectivity index is 2.61. The molecule has 0 amide bonds. The first kappa shape index (κ1) is 3.40. The van der Waals surface area contributed by atoms with Crippen LogP contribution in [0.4, 0.5) is 0 Å². The maximum atomic E-state index is 5.22. The molecule has 2 N–H and O–H groups in total. The molecule has 0 aromatic carbocycles. The van der Waals surface area contributed by atoms with Gasteiger partial charge in [0, 0.05) is 12.6 Å². The lowest BCUT2D eigenvalue weighted by molar-refractivity contribution is 1.46. The number of amidine groups is 1. The van der Waals surface area contributed by atoms with Gasteiger partial charge in [0.1, 0.15) is 5.84 Å². The number of hydrogen-bond donors (Lipinski definition) is 1. The van der Waals surface area contributed by atoms with E-state index in [1.807, 2.05) is 6.08 Å². The third-order valence-corrected chi connectivity index (χ3v) is 0.673. The average molecular weight is 82.1 g/mol. The zero-order chi connectivity index (χ0) is 4.41. The minimum atomic E-state index is 0.718. The van der Waals surface area contributed by atoms with Crippen molar-refractivity contribution in [3.05, 3.63) is 12.3 Å². The maximum absolute atomic E-state index is 5.22. The molecule has 0 saturated heterocycles. The zero-order valence-corrected chi connectivity index (χ0v) is 3.39.